The van der Waals surface area contributed by atoms with E-state index >= 15 is 0 Å². The molecule has 0 aromatic heterocycles. The second-order valence-electron chi connectivity index (χ2n) is 5.16. The Hall–Kier alpha value is -1.57. The zero-order chi connectivity index (χ0) is 13.3. The second-order valence-corrected chi connectivity index (χ2v) is 5.16. The molecule has 0 aromatic carbocycles. The Morgan fingerprint density at radius 3 is 2.58 bits per heavy atom. The summed E-state index contributed by atoms with van der Waals surface area (Å²) in [5.41, 5.74) is 2.83. The zero-order valence-electron chi connectivity index (χ0n) is 11.5. The summed E-state index contributed by atoms with van der Waals surface area (Å²) in [5, 5.41) is 2.89. The van der Waals surface area contributed by atoms with Crippen LogP contribution in [0.25, 0.3) is 0 Å². The highest BCUT2D eigenvalue weighted by atomic mass is 16.1. The standard InChI is InChI=1S/C17H23NO/c19-17-13-7-11-16(12-8-14-18-17)15-9-5-3-1-2-4-6-10-15/h3,5,7,9,11,13H,1-2,4,6,8,10,12,14H2,(H,18,19). The molecule has 0 atom stereocenters. The van der Waals surface area contributed by atoms with Gasteiger partial charge in [0.15, 0.2) is 0 Å². The first-order valence-electron chi connectivity index (χ1n) is 7.37. The Morgan fingerprint density at radius 1 is 0.895 bits per heavy atom. The van der Waals surface area contributed by atoms with Crippen LogP contribution in [0, 0.1) is 0 Å². The summed E-state index contributed by atoms with van der Waals surface area (Å²) in [6.45, 7) is 0.767. The fourth-order valence-electron chi connectivity index (χ4n) is 2.54. The average molecular weight is 257 g/mol. The van der Waals surface area contributed by atoms with Crippen molar-refractivity contribution in [2.24, 2.45) is 0 Å². The van der Waals surface area contributed by atoms with Crippen molar-refractivity contribution in [3.8, 4) is 0 Å². The van der Waals surface area contributed by atoms with Gasteiger partial charge in [-0.25, -0.2) is 0 Å². The van der Waals surface area contributed by atoms with Gasteiger partial charge >= 0.3 is 0 Å². The lowest BCUT2D eigenvalue weighted by Gasteiger charge is -2.11. The summed E-state index contributed by atoms with van der Waals surface area (Å²) in [5.74, 6) is 0.0147. The molecule has 0 unspecified atom stereocenters. The molecule has 102 valence electrons. The van der Waals surface area contributed by atoms with Crippen LogP contribution in [0.15, 0.2) is 47.6 Å². The van der Waals surface area contributed by atoms with Crippen LogP contribution >= 0.6 is 0 Å². The Kier molecular flexibility index (Phi) is 5.67. The summed E-state index contributed by atoms with van der Waals surface area (Å²) in [6, 6.07) is 0. The maximum Gasteiger partial charge on any atom is 0.243 e. The van der Waals surface area contributed by atoms with Gasteiger partial charge in [0.05, 0.1) is 0 Å². The van der Waals surface area contributed by atoms with E-state index in [2.05, 4.69) is 29.6 Å². The van der Waals surface area contributed by atoms with Crippen LogP contribution in [-0.2, 0) is 4.79 Å². The summed E-state index contributed by atoms with van der Waals surface area (Å²) >= 11 is 0. The zero-order valence-corrected chi connectivity index (χ0v) is 11.5. The average Bonchev–Trinajstić information content (AvgIpc) is 2.60. The highest BCUT2D eigenvalue weighted by molar-refractivity contribution is 5.87. The smallest absolute Gasteiger partial charge is 0.243 e. The van der Waals surface area contributed by atoms with E-state index in [1.54, 1.807) is 6.08 Å². The number of nitrogens with one attached hydrogen (secondary N) is 1. The van der Waals surface area contributed by atoms with E-state index in [0.717, 1.165) is 25.8 Å². The van der Waals surface area contributed by atoms with E-state index in [1.807, 2.05) is 6.08 Å². The molecular formula is C17H23NO. The number of allylic oxidation sites excluding steroid dienone is 7. The predicted molar refractivity (Wildman–Crippen MR) is 79.8 cm³/mol. The molecule has 2 rings (SSSR count). The molecule has 0 fully saturated rings. The van der Waals surface area contributed by atoms with E-state index in [1.165, 1.54) is 36.8 Å². The van der Waals surface area contributed by atoms with Gasteiger partial charge in [-0.15, -0.1) is 0 Å². The van der Waals surface area contributed by atoms with Crippen molar-refractivity contribution in [3.63, 3.8) is 0 Å². The monoisotopic (exact) mass is 257 g/mol. The van der Waals surface area contributed by atoms with Crippen molar-refractivity contribution in [3.05, 3.63) is 47.6 Å². The maximum atomic E-state index is 11.4. The molecule has 0 saturated heterocycles. The van der Waals surface area contributed by atoms with Crippen LogP contribution in [0.3, 0.4) is 0 Å². The molecule has 1 heterocycles. The maximum absolute atomic E-state index is 11.4. The van der Waals surface area contributed by atoms with Gasteiger partial charge in [0.25, 0.3) is 0 Å². The molecule has 0 saturated carbocycles. The molecule has 19 heavy (non-hydrogen) atoms. The minimum absolute atomic E-state index is 0.0147. The van der Waals surface area contributed by atoms with Crippen LogP contribution in [-0.4, -0.2) is 12.5 Å². The Labute approximate surface area is 116 Å². The molecule has 1 N–H and O–H groups in total. The topological polar surface area (TPSA) is 29.1 Å². The van der Waals surface area contributed by atoms with Crippen LogP contribution < -0.4 is 5.32 Å². The van der Waals surface area contributed by atoms with Gasteiger partial charge in [0.1, 0.15) is 0 Å². The number of carbonyl (C=O) groups is 1. The molecule has 1 aliphatic carbocycles. The van der Waals surface area contributed by atoms with Gasteiger partial charge < -0.3 is 5.32 Å². The fourth-order valence-corrected chi connectivity index (χ4v) is 2.54. The van der Waals surface area contributed by atoms with E-state index in [9.17, 15) is 4.79 Å². The van der Waals surface area contributed by atoms with E-state index in [-0.39, 0.29) is 5.91 Å². The molecule has 2 aliphatic rings. The van der Waals surface area contributed by atoms with Crippen molar-refractivity contribution in [1.29, 1.82) is 0 Å². The normalized spacial score (nSPS) is 21.8. The molecule has 1 amide bonds. The number of carbonyl (C=O) groups excluding carboxylic acids is 1. The van der Waals surface area contributed by atoms with Crippen molar-refractivity contribution >= 4 is 5.91 Å². The molecule has 0 aromatic rings. The SMILES string of the molecule is O=C1C=CC=C(C2=CC=CCCCCC2)CCCN1. The van der Waals surface area contributed by atoms with Crippen molar-refractivity contribution in [1.82, 2.24) is 5.32 Å². The van der Waals surface area contributed by atoms with Gasteiger partial charge in [0.2, 0.25) is 5.91 Å². The van der Waals surface area contributed by atoms with Crippen molar-refractivity contribution in [2.45, 2.75) is 44.9 Å². The molecule has 1 aliphatic heterocycles. The van der Waals surface area contributed by atoms with Crippen LogP contribution in [0.1, 0.15) is 44.9 Å². The lowest BCUT2D eigenvalue weighted by molar-refractivity contribution is -0.116. The molecule has 0 radical (unpaired) electrons. The highest BCUT2D eigenvalue weighted by Crippen LogP contribution is 2.24. The van der Waals surface area contributed by atoms with Crippen LogP contribution in [0.5, 0.6) is 0 Å². The number of rotatable bonds is 1. The fraction of sp³-hybridized carbons (Fsp3) is 0.471. The van der Waals surface area contributed by atoms with Gasteiger partial charge in [-0.05, 0) is 49.7 Å². The van der Waals surface area contributed by atoms with Gasteiger partial charge in [-0.2, -0.15) is 0 Å². The van der Waals surface area contributed by atoms with Gasteiger partial charge in [0, 0.05) is 12.6 Å². The molecule has 0 spiro atoms. The Morgan fingerprint density at radius 2 is 1.68 bits per heavy atom. The van der Waals surface area contributed by atoms with Gasteiger partial charge in [-0.3, -0.25) is 4.79 Å². The molecule has 2 nitrogen and oxygen atoms in total. The minimum atomic E-state index is 0.0147. The Bertz CT molecular complexity index is 427. The van der Waals surface area contributed by atoms with Crippen LogP contribution in [0.4, 0.5) is 0 Å². The van der Waals surface area contributed by atoms with E-state index < -0.39 is 0 Å². The van der Waals surface area contributed by atoms with Crippen molar-refractivity contribution in [2.75, 3.05) is 6.54 Å². The first kappa shape index (κ1) is 13.9. The predicted octanol–water partition coefficient (Wildman–Crippen LogP) is 3.83. The number of hydrogen-bond donors (Lipinski definition) is 1. The summed E-state index contributed by atoms with van der Waals surface area (Å²) < 4.78 is 0. The lowest BCUT2D eigenvalue weighted by Crippen LogP contribution is -2.21. The third-order valence-electron chi connectivity index (χ3n) is 3.63. The largest absolute Gasteiger partial charge is 0.353 e. The third-order valence-corrected chi connectivity index (χ3v) is 3.63. The second kappa shape index (κ2) is 7.78. The van der Waals surface area contributed by atoms with E-state index in [4.69, 9.17) is 0 Å². The van der Waals surface area contributed by atoms with E-state index in [0.29, 0.717) is 0 Å². The quantitative estimate of drug-likeness (QED) is 0.760. The third kappa shape index (κ3) is 4.90. The van der Waals surface area contributed by atoms with Crippen molar-refractivity contribution < 1.29 is 4.79 Å². The number of amides is 1. The molecule has 0 bridgehead atoms. The summed E-state index contributed by atoms with van der Waals surface area (Å²) in [4.78, 5) is 11.4. The first-order valence-corrected chi connectivity index (χ1v) is 7.37. The first-order chi connectivity index (χ1) is 9.36. The summed E-state index contributed by atoms with van der Waals surface area (Å²) in [7, 11) is 0. The minimum Gasteiger partial charge on any atom is -0.353 e. The highest BCUT2D eigenvalue weighted by Gasteiger charge is 2.07. The number of hydrogen-bond acceptors (Lipinski definition) is 1. The lowest BCUT2D eigenvalue weighted by atomic mass is 9.95. The summed E-state index contributed by atoms with van der Waals surface area (Å²) in [6.07, 6.45) is 20.6. The van der Waals surface area contributed by atoms with Crippen LogP contribution in [0.2, 0.25) is 0 Å². The molecule has 2 heteroatoms. The Balaban J connectivity index is 2.13. The van der Waals surface area contributed by atoms with Gasteiger partial charge in [-0.1, -0.05) is 36.8 Å². The molecular weight excluding hydrogens is 234 g/mol.